The molecule has 0 aromatic heterocycles. The number of hydrogen-bond donors (Lipinski definition) is 0. The van der Waals surface area contributed by atoms with E-state index in [-0.39, 0.29) is 9.52 Å². The molecule has 0 amide bonds. The fourth-order valence-electron chi connectivity index (χ4n) is 0.753. The van der Waals surface area contributed by atoms with Crippen molar-refractivity contribution in [3.8, 4) is 0 Å². The van der Waals surface area contributed by atoms with Gasteiger partial charge in [0, 0.05) is 0 Å². The van der Waals surface area contributed by atoms with Crippen LogP contribution in [-0.2, 0) is 4.79 Å². The average Bonchev–Trinajstić information content (AvgIpc) is 2.05. The van der Waals surface area contributed by atoms with Gasteiger partial charge in [0.2, 0.25) is 4.69 Å². The standard InChI is InChI=1S/C8H6Br2O/c9-7(8(10)11)6-4-2-1-3-5-6/h1-5,7H/t7-/m1/s1. The molecule has 1 aromatic carbocycles. The number of rotatable bonds is 2. The summed E-state index contributed by atoms with van der Waals surface area (Å²) in [5.41, 5.74) is 0.967. The molecule has 0 bridgehead atoms. The van der Waals surface area contributed by atoms with E-state index >= 15 is 0 Å². The maximum Gasteiger partial charge on any atom is 0.215 e. The average molecular weight is 278 g/mol. The normalized spacial score (nSPS) is 12.5. The molecule has 0 saturated carbocycles. The predicted molar refractivity (Wildman–Crippen MR) is 52.0 cm³/mol. The monoisotopic (exact) mass is 276 g/mol. The van der Waals surface area contributed by atoms with Crippen LogP contribution in [0, 0.1) is 0 Å². The van der Waals surface area contributed by atoms with Crippen LogP contribution in [-0.4, -0.2) is 4.69 Å². The highest BCUT2D eigenvalue weighted by Crippen LogP contribution is 2.25. The van der Waals surface area contributed by atoms with Crippen molar-refractivity contribution < 1.29 is 4.79 Å². The number of benzene rings is 1. The summed E-state index contributed by atoms with van der Waals surface area (Å²) in [6, 6.07) is 9.53. The van der Waals surface area contributed by atoms with Crippen molar-refractivity contribution in [3.05, 3.63) is 35.9 Å². The molecule has 58 valence electrons. The molecule has 0 fully saturated rings. The molecule has 0 saturated heterocycles. The van der Waals surface area contributed by atoms with Crippen LogP contribution in [0.4, 0.5) is 0 Å². The van der Waals surface area contributed by atoms with Crippen molar-refractivity contribution in [2.75, 3.05) is 0 Å². The zero-order valence-corrected chi connectivity index (χ0v) is 8.80. The molecular formula is C8H6Br2O. The second-order valence-corrected chi connectivity index (χ2v) is 3.77. The van der Waals surface area contributed by atoms with Gasteiger partial charge in [0.15, 0.2) is 0 Å². The first-order valence-corrected chi connectivity index (χ1v) is 4.81. The van der Waals surface area contributed by atoms with Crippen LogP contribution in [0.3, 0.4) is 0 Å². The molecule has 0 aliphatic rings. The van der Waals surface area contributed by atoms with Gasteiger partial charge < -0.3 is 0 Å². The van der Waals surface area contributed by atoms with Crippen LogP contribution in [0.25, 0.3) is 0 Å². The first kappa shape index (κ1) is 8.94. The van der Waals surface area contributed by atoms with Crippen molar-refractivity contribution >= 4 is 36.6 Å². The molecule has 3 heteroatoms. The van der Waals surface area contributed by atoms with Crippen LogP contribution < -0.4 is 0 Å². The molecule has 11 heavy (non-hydrogen) atoms. The summed E-state index contributed by atoms with van der Waals surface area (Å²) in [7, 11) is 0. The SMILES string of the molecule is O=C(Br)[C@H](Br)c1ccccc1. The second kappa shape index (κ2) is 4.02. The molecule has 0 aliphatic heterocycles. The second-order valence-electron chi connectivity index (χ2n) is 2.08. The first-order valence-electron chi connectivity index (χ1n) is 3.10. The maximum atomic E-state index is 10.8. The third-order valence-corrected chi connectivity index (χ3v) is 3.31. The number of hydrogen-bond acceptors (Lipinski definition) is 1. The van der Waals surface area contributed by atoms with Crippen molar-refractivity contribution in [2.45, 2.75) is 4.83 Å². The Morgan fingerprint density at radius 1 is 1.27 bits per heavy atom. The fraction of sp³-hybridized carbons (Fsp3) is 0.125. The van der Waals surface area contributed by atoms with Crippen LogP contribution in [0.2, 0.25) is 0 Å². The first-order chi connectivity index (χ1) is 5.22. The van der Waals surface area contributed by atoms with Gasteiger partial charge in [-0.15, -0.1) is 0 Å². The van der Waals surface area contributed by atoms with E-state index in [1.165, 1.54) is 0 Å². The summed E-state index contributed by atoms with van der Waals surface area (Å²) >= 11 is 6.14. The summed E-state index contributed by atoms with van der Waals surface area (Å²) in [6.07, 6.45) is 0. The van der Waals surface area contributed by atoms with Gasteiger partial charge >= 0.3 is 0 Å². The van der Waals surface area contributed by atoms with Gasteiger partial charge in [0.1, 0.15) is 4.83 Å². The minimum atomic E-state index is -0.233. The summed E-state index contributed by atoms with van der Waals surface area (Å²) in [5.74, 6) is 0. The van der Waals surface area contributed by atoms with E-state index < -0.39 is 0 Å². The van der Waals surface area contributed by atoms with Crippen LogP contribution in [0.1, 0.15) is 10.4 Å². The maximum absolute atomic E-state index is 10.8. The fourth-order valence-corrected chi connectivity index (χ4v) is 1.32. The molecule has 1 atom stereocenters. The van der Waals surface area contributed by atoms with Crippen LogP contribution in [0.15, 0.2) is 30.3 Å². The zero-order chi connectivity index (χ0) is 8.27. The van der Waals surface area contributed by atoms with Gasteiger partial charge in [-0.1, -0.05) is 46.3 Å². The molecule has 0 aliphatic carbocycles. The number of alkyl halides is 1. The lowest BCUT2D eigenvalue weighted by Crippen LogP contribution is -1.96. The van der Waals surface area contributed by atoms with E-state index in [9.17, 15) is 4.79 Å². The van der Waals surface area contributed by atoms with E-state index in [4.69, 9.17) is 0 Å². The molecule has 1 nitrogen and oxygen atoms in total. The molecule has 0 N–H and O–H groups in total. The Balaban J connectivity index is 2.85. The highest BCUT2D eigenvalue weighted by Gasteiger charge is 2.12. The van der Waals surface area contributed by atoms with Crippen molar-refractivity contribution in [1.29, 1.82) is 0 Å². The van der Waals surface area contributed by atoms with Crippen LogP contribution >= 0.6 is 31.9 Å². The quantitative estimate of drug-likeness (QED) is 0.600. The van der Waals surface area contributed by atoms with Gasteiger partial charge in [0.05, 0.1) is 0 Å². The summed E-state index contributed by atoms with van der Waals surface area (Å²) < 4.78 is -0.0521. The smallest absolute Gasteiger partial charge is 0.215 e. The molecule has 1 aromatic rings. The summed E-state index contributed by atoms with van der Waals surface area (Å²) in [4.78, 5) is 10.6. The van der Waals surface area contributed by atoms with Crippen LogP contribution in [0.5, 0.6) is 0 Å². The number of halogens is 2. The third kappa shape index (κ3) is 2.42. The van der Waals surface area contributed by atoms with Gasteiger partial charge in [-0.25, -0.2) is 0 Å². The lowest BCUT2D eigenvalue weighted by atomic mass is 10.2. The third-order valence-electron chi connectivity index (χ3n) is 1.29. The zero-order valence-electron chi connectivity index (χ0n) is 5.63. The number of carbonyl (C=O) groups is 1. The Morgan fingerprint density at radius 3 is 2.27 bits per heavy atom. The van der Waals surface area contributed by atoms with E-state index in [0.717, 1.165) is 5.56 Å². The number of carbonyl (C=O) groups excluding carboxylic acids is 1. The van der Waals surface area contributed by atoms with Gasteiger partial charge in [-0.05, 0) is 21.5 Å². The van der Waals surface area contributed by atoms with E-state index in [0.29, 0.717) is 0 Å². The minimum absolute atomic E-state index is 0.0521. The van der Waals surface area contributed by atoms with Crippen molar-refractivity contribution in [3.63, 3.8) is 0 Å². The summed E-state index contributed by atoms with van der Waals surface area (Å²) in [6.45, 7) is 0. The molecule has 1 rings (SSSR count). The Labute approximate surface area is 82.1 Å². The van der Waals surface area contributed by atoms with Gasteiger partial charge in [0.25, 0.3) is 0 Å². The predicted octanol–water partition coefficient (Wildman–Crippen LogP) is 3.04. The Hall–Kier alpha value is -0.150. The molecule has 0 unspecified atom stereocenters. The lowest BCUT2D eigenvalue weighted by Gasteiger charge is -2.02. The van der Waals surface area contributed by atoms with E-state index in [2.05, 4.69) is 31.9 Å². The topological polar surface area (TPSA) is 17.1 Å². The lowest BCUT2D eigenvalue weighted by molar-refractivity contribution is -0.109. The summed E-state index contributed by atoms with van der Waals surface area (Å²) in [5, 5.41) is 0. The van der Waals surface area contributed by atoms with E-state index in [1.54, 1.807) is 0 Å². The van der Waals surface area contributed by atoms with Crippen molar-refractivity contribution in [2.24, 2.45) is 0 Å². The Bertz CT molecular complexity index is 246. The highest BCUT2D eigenvalue weighted by molar-refractivity contribution is 9.19. The Morgan fingerprint density at radius 2 is 1.82 bits per heavy atom. The van der Waals surface area contributed by atoms with Gasteiger partial charge in [-0.3, -0.25) is 4.79 Å². The Kier molecular flexibility index (Phi) is 3.27. The highest BCUT2D eigenvalue weighted by atomic mass is 79.9. The molecular weight excluding hydrogens is 272 g/mol. The van der Waals surface area contributed by atoms with Crippen molar-refractivity contribution in [1.82, 2.24) is 0 Å². The molecule has 0 radical (unpaired) electrons. The minimum Gasteiger partial charge on any atom is -0.285 e. The molecule has 0 spiro atoms. The molecule has 0 heterocycles. The van der Waals surface area contributed by atoms with Gasteiger partial charge in [-0.2, -0.15) is 0 Å². The largest absolute Gasteiger partial charge is 0.285 e. The van der Waals surface area contributed by atoms with E-state index in [1.807, 2.05) is 30.3 Å².